The van der Waals surface area contributed by atoms with Crippen LogP contribution in [0.4, 0.5) is 0 Å². The van der Waals surface area contributed by atoms with Gasteiger partial charge < -0.3 is 9.88 Å². The zero-order valence-electron chi connectivity index (χ0n) is 10.1. The Morgan fingerprint density at radius 2 is 2.41 bits per heavy atom. The first-order chi connectivity index (χ1) is 8.12. The van der Waals surface area contributed by atoms with Crippen molar-refractivity contribution in [3.63, 3.8) is 0 Å². The van der Waals surface area contributed by atoms with Gasteiger partial charge >= 0.3 is 0 Å². The van der Waals surface area contributed by atoms with Crippen molar-refractivity contribution in [1.29, 1.82) is 0 Å². The molecular weight excluding hydrogens is 238 g/mol. The lowest BCUT2D eigenvalue weighted by Crippen LogP contribution is -2.20. The van der Waals surface area contributed by atoms with Crippen LogP contribution in [-0.4, -0.2) is 36.0 Å². The highest BCUT2D eigenvalue weighted by atomic mass is 32.2. The van der Waals surface area contributed by atoms with Crippen LogP contribution >= 0.6 is 0 Å². The van der Waals surface area contributed by atoms with E-state index in [1.165, 1.54) is 6.42 Å². The van der Waals surface area contributed by atoms with Crippen molar-refractivity contribution < 1.29 is 8.42 Å². The quantitative estimate of drug-likeness (QED) is 0.845. The Balaban J connectivity index is 2.04. The van der Waals surface area contributed by atoms with Crippen LogP contribution in [0, 0.1) is 0 Å². The summed E-state index contributed by atoms with van der Waals surface area (Å²) in [7, 11) is -2.90. The number of hydrogen-bond donors (Lipinski definition) is 1. The molecule has 1 aromatic heterocycles. The number of sulfone groups is 1. The Morgan fingerprint density at radius 3 is 3.06 bits per heavy atom. The van der Waals surface area contributed by atoms with E-state index in [4.69, 9.17) is 0 Å². The molecule has 1 aromatic rings. The van der Waals surface area contributed by atoms with Crippen molar-refractivity contribution in [3.8, 4) is 0 Å². The lowest BCUT2D eigenvalue weighted by atomic mass is 10.2. The van der Waals surface area contributed by atoms with E-state index in [1.807, 2.05) is 10.8 Å². The SMILES string of the molecule is CCS(=O)(=O)CCn1cncc1[C@@H]1CCCN1. The van der Waals surface area contributed by atoms with E-state index in [2.05, 4.69) is 10.3 Å². The first kappa shape index (κ1) is 12.6. The van der Waals surface area contributed by atoms with Crippen LogP contribution in [0.2, 0.25) is 0 Å². The lowest BCUT2D eigenvalue weighted by Gasteiger charge is -2.13. The number of nitrogens with one attached hydrogen (secondary N) is 1. The first-order valence-electron chi connectivity index (χ1n) is 6.06. The molecule has 0 unspecified atom stereocenters. The Kier molecular flexibility index (Phi) is 3.83. The molecule has 1 N–H and O–H groups in total. The summed E-state index contributed by atoms with van der Waals surface area (Å²) >= 11 is 0. The van der Waals surface area contributed by atoms with E-state index in [0.29, 0.717) is 12.6 Å². The molecule has 0 spiro atoms. The summed E-state index contributed by atoms with van der Waals surface area (Å²) in [6, 6.07) is 0.335. The average Bonchev–Trinajstić information content (AvgIpc) is 2.96. The van der Waals surface area contributed by atoms with Gasteiger partial charge in [-0.1, -0.05) is 6.92 Å². The summed E-state index contributed by atoms with van der Waals surface area (Å²) in [6.07, 6.45) is 5.83. The highest BCUT2D eigenvalue weighted by Gasteiger charge is 2.20. The van der Waals surface area contributed by atoms with Crippen LogP contribution in [0.15, 0.2) is 12.5 Å². The summed E-state index contributed by atoms with van der Waals surface area (Å²) < 4.78 is 24.9. The molecule has 1 saturated heterocycles. The molecule has 1 atom stereocenters. The molecule has 0 radical (unpaired) electrons. The van der Waals surface area contributed by atoms with Crippen molar-refractivity contribution in [2.45, 2.75) is 32.4 Å². The third kappa shape index (κ3) is 3.07. The van der Waals surface area contributed by atoms with Gasteiger partial charge in [0.25, 0.3) is 0 Å². The second kappa shape index (κ2) is 5.18. The molecule has 2 rings (SSSR count). The zero-order chi connectivity index (χ0) is 12.3. The third-order valence-electron chi connectivity index (χ3n) is 3.24. The van der Waals surface area contributed by atoms with Crippen molar-refractivity contribution in [2.75, 3.05) is 18.1 Å². The van der Waals surface area contributed by atoms with Gasteiger partial charge in [-0.3, -0.25) is 0 Å². The highest BCUT2D eigenvalue weighted by Crippen LogP contribution is 2.22. The molecule has 1 aliphatic rings. The molecule has 17 heavy (non-hydrogen) atoms. The maximum absolute atomic E-state index is 11.5. The van der Waals surface area contributed by atoms with Crippen molar-refractivity contribution in [3.05, 3.63) is 18.2 Å². The summed E-state index contributed by atoms with van der Waals surface area (Å²) in [5.74, 6) is 0.401. The fraction of sp³-hybridized carbons (Fsp3) is 0.727. The van der Waals surface area contributed by atoms with Gasteiger partial charge in [0.05, 0.1) is 17.8 Å². The molecule has 96 valence electrons. The number of aryl methyl sites for hydroxylation is 1. The second-order valence-electron chi connectivity index (χ2n) is 4.40. The van der Waals surface area contributed by atoms with E-state index < -0.39 is 9.84 Å². The Labute approximate surface area is 102 Å². The average molecular weight is 257 g/mol. The van der Waals surface area contributed by atoms with E-state index in [-0.39, 0.29) is 11.5 Å². The molecule has 0 amide bonds. The summed E-state index contributed by atoms with van der Waals surface area (Å²) in [6.45, 7) is 3.22. The summed E-state index contributed by atoms with van der Waals surface area (Å²) in [4.78, 5) is 4.12. The maximum Gasteiger partial charge on any atom is 0.151 e. The molecule has 5 nitrogen and oxygen atoms in total. The van der Waals surface area contributed by atoms with E-state index in [9.17, 15) is 8.42 Å². The van der Waals surface area contributed by atoms with Crippen LogP contribution in [0.3, 0.4) is 0 Å². The van der Waals surface area contributed by atoms with Crippen LogP contribution in [0.25, 0.3) is 0 Å². The van der Waals surface area contributed by atoms with Gasteiger partial charge in [-0.15, -0.1) is 0 Å². The van der Waals surface area contributed by atoms with Crippen LogP contribution in [0.1, 0.15) is 31.5 Å². The number of aromatic nitrogens is 2. The fourth-order valence-corrected chi connectivity index (χ4v) is 2.89. The lowest BCUT2D eigenvalue weighted by molar-refractivity contribution is 0.564. The minimum absolute atomic E-state index is 0.194. The van der Waals surface area contributed by atoms with Gasteiger partial charge in [0.2, 0.25) is 0 Å². The van der Waals surface area contributed by atoms with Crippen molar-refractivity contribution in [2.24, 2.45) is 0 Å². The molecular formula is C11H19N3O2S. The monoisotopic (exact) mass is 257 g/mol. The van der Waals surface area contributed by atoms with E-state index in [0.717, 1.165) is 18.7 Å². The third-order valence-corrected chi connectivity index (χ3v) is 4.93. The normalized spacial score (nSPS) is 20.9. The molecule has 1 fully saturated rings. The Hall–Kier alpha value is -0.880. The minimum atomic E-state index is -2.90. The molecule has 6 heteroatoms. The molecule has 0 bridgehead atoms. The van der Waals surface area contributed by atoms with E-state index in [1.54, 1.807) is 13.3 Å². The fourth-order valence-electron chi connectivity index (χ4n) is 2.13. The number of hydrogen-bond acceptors (Lipinski definition) is 4. The van der Waals surface area contributed by atoms with Gasteiger partial charge in [0.15, 0.2) is 9.84 Å². The highest BCUT2D eigenvalue weighted by molar-refractivity contribution is 7.91. The zero-order valence-corrected chi connectivity index (χ0v) is 10.9. The Bertz CT molecular complexity index is 461. The number of imidazole rings is 1. The van der Waals surface area contributed by atoms with Crippen LogP contribution in [-0.2, 0) is 16.4 Å². The van der Waals surface area contributed by atoms with Crippen LogP contribution < -0.4 is 5.32 Å². The molecule has 2 heterocycles. The molecule has 1 aliphatic heterocycles. The van der Waals surface area contributed by atoms with Crippen LogP contribution in [0.5, 0.6) is 0 Å². The summed E-state index contributed by atoms with van der Waals surface area (Å²) in [5, 5.41) is 3.40. The van der Waals surface area contributed by atoms with Gasteiger partial charge in [-0.05, 0) is 19.4 Å². The molecule has 0 aromatic carbocycles. The standard InChI is InChI=1S/C11H19N3O2S/c1-2-17(15,16)7-6-14-9-12-8-11(14)10-4-3-5-13-10/h8-10,13H,2-7H2,1H3/t10-/m0/s1. The second-order valence-corrected chi connectivity index (χ2v) is 6.87. The predicted molar refractivity (Wildman–Crippen MR) is 66.5 cm³/mol. The smallest absolute Gasteiger partial charge is 0.151 e. The van der Waals surface area contributed by atoms with Gasteiger partial charge in [-0.2, -0.15) is 0 Å². The number of rotatable bonds is 5. The Morgan fingerprint density at radius 1 is 1.59 bits per heavy atom. The van der Waals surface area contributed by atoms with Gasteiger partial charge in [0.1, 0.15) is 0 Å². The first-order valence-corrected chi connectivity index (χ1v) is 7.88. The van der Waals surface area contributed by atoms with Gasteiger partial charge in [-0.25, -0.2) is 13.4 Å². The van der Waals surface area contributed by atoms with Crippen molar-refractivity contribution in [1.82, 2.24) is 14.9 Å². The van der Waals surface area contributed by atoms with Crippen molar-refractivity contribution >= 4 is 9.84 Å². The largest absolute Gasteiger partial charge is 0.332 e. The number of nitrogens with zero attached hydrogens (tertiary/aromatic N) is 2. The molecule has 0 saturated carbocycles. The minimum Gasteiger partial charge on any atom is -0.332 e. The summed E-state index contributed by atoms with van der Waals surface area (Å²) in [5.41, 5.74) is 1.11. The molecule has 0 aliphatic carbocycles. The van der Waals surface area contributed by atoms with E-state index >= 15 is 0 Å². The topological polar surface area (TPSA) is 64.0 Å². The predicted octanol–water partition coefficient (Wildman–Crippen LogP) is 0.742. The maximum atomic E-state index is 11.5. The van der Waals surface area contributed by atoms with Gasteiger partial charge in [0, 0.05) is 24.5 Å².